The molecule has 0 unspecified atom stereocenters. The van der Waals surface area contributed by atoms with Gasteiger partial charge in [0.05, 0.1) is 24.3 Å². The molecule has 3 heterocycles. The highest BCUT2D eigenvalue weighted by Gasteiger charge is 2.27. The summed E-state index contributed by atoms with van der Waals surface area (Å²) in [5.41, 5.74) is 1.34. The molecule has 0 atom stereocenters. The number of amides is 1. The van der Waals surface area contributed by atoms with Crippen molar-refractivity contribution in [3.8, 4) is 0 Å². The number of carbonyl (C=O) groups is 1. The lowest BCUT2D eigenvalue weighted by molar-refractivity contribution is 0.0730. The molecule has 9 nitrogen and oxygen atoms in total. The van der Waals surface area contributed by atoms with Gasteiger partial charge in [-0.05, 0) is 43.0 Å². The van der Waals surface area contributed by atoms with Crippen LogP contribution in [0.4, 0.5) is 5.69 Å². The van der Waals surface area contributed by atoms with Gasteiger partial charge in [0.15, 0.2) is 0 Å². The smallest absolute Gasteiger partial charge is 0.271 e. The van der Waals surface area contributed by atoms with Crippen molar-refractivity contribution in [1.82, 2.24) is 19.6 Å². The van der Waals surface area contributed by atoms with Gasteiger partial charge in [-0.2, -0.15) is 4.31 Å². The predicted molar refractivity (Wildman–Crippen MR) is 115 cm³/mol. The summed E-state index contributed by atoms with van der Waals surface area (Å²) in [4.78, 5) is 22.6. The van der Waals surface area contributed by atoms with E-state index < -0.39 is 10.0 Å². The molecule has 0 bridgehead atoms. The first-order valence-corrected chi connectivity index (χ1v) is 11.9. The van der Waals surface area contributed by atoms with Crippen LogP contribution in [-0.4, -0.2) is 74.5 Å². The maximum Gasteiger partial charge on any atom is 0.271 e. The highest BCUT2D eigenvalue weighted by Crippen LogP contribution is 2.25. The first-order valence-electron chi connectivity index (χ1n) is 10.5. The second-order valence-corrected chi connectivity index (χ2v) is 9.68. The Hall–Kier alpha value is -2.56. The number of aromatic nitrogens is 2. The van der Waals surface area contributed by atoms with Crippen molar-refractivity contribution in [2.24, 2.45) is 5.92 Å². The highest BCUT2D eigenvalue weighted by atomic mass is 32.2. The van der Waals surface area contributed by atoms with Gasteiger partial charge in [0.25, 0.3) is 5.91 Å². The number of anilines is 1. The van der Waals surface area contributed by atoms with Crippen molar-refractivity contribution in [2.45, 2.75) is 17.7 Å². The summed E-state index contributed by atoms with van der Waals surface area (Å²) in [5, 5.41) is 2.94. The molecule has 1 amide bonds. The molecule has 4 rings (SSSR count). The molecule has 0 radical (unpaired) electrons. The molecule has 1 aromatic heterocycles. The standard InChI is InChI=1S/C21H27N5O4S/c27-21(20-16-22-7-8-23-20)24-15-17-5-9-25(10-6-17)18-1-3-19(4-2-18)31(28,29)26-11-13-30-14-12-26/h1-4,7-8,16-17H,5-6,9-15H2,(H,24,27). The minimum atomic E-state index is -3.47. The number of piperidine rings is 1. The lowest BCUT2D eigenvalue weighted by Gasteiger charge is -2.34. The van der Waals surface area contributed by atoms with Crippen molar-refractivity contribution < 1.29 is 17.9 Å². The van der Waals surface area contributed by atoms with Crippen LogP contribution in [0, 0.1) is 5.92 Å². The van der Waals surface area contributed by atoms with Crippen LogP contribution >= 0.6 is 0 Å². The van der Waals surface area contributed by atoms with Crippen LogP contribution in [0.3, 0.4) is 0 Å². The van der Waals surface area contributed by atoms with Crippen LogP contribution in [0.15, 0.2) is 47.8 Å². The first kappa shape index (κ1) is 21.7. The Morgan fingerprint density at radius 3 is 2.42 bits per heavy atom. The maximum atomic E-state index is 12.8. The minimum Gasteiger partial charge on any atom is -0.379 e. The summed E-state index contributed by atoms with van der Waals surface area (Å²) in [6.45, 7) is 4.00. The molecule has 2 aliphatic rings. The number of hydrogen-bond donors (Lipinski definition) is 1. The van der Waals surface area contributed by atoms with E-state index in [2.05, 4.69) is 20.2 Å². The summed E-state index contributed by atoms with van der Waals surface area (Å²) in [6, 6.07) is 7.13. The molecular weight excluding hydrogens is 418 g/mol. The molecule has 166 valence electrons. The van der Waals surface area contributed by atoms with E-state index in [1.165, 1.54) is 22.9 Å². The monoisotopic (exact) mass is 445 g/mol. The fourth-order valence-corrected chi connectivity index (χ4v) is 5.31. The summed E-state index contributed by atoms with van der Waals surface area (Å²) >= 11 is 0. The van der Waals surface area contributed by atoms with Gasteiger partial charge in [0, 0.05) is 50.8 Å². The molecule has 10 heteroatoms. The fourth-order valence-electron chi connectivity index (χ4n) is 3.90. The highest BCUT2D eigenvalue weighted by molar-refractivity contribution is 7.89. The third kappa shape index (κ3) is 5.20. The molecule has 1 N–H and O–H groups in total. The fraction of sp³-hybridized carbons (Fsp3) is 0.476. The number of hydrogen-bond acceptors (Lipinski definition) is 7. The van der Waals surface area contributed by atoms with Crippen LogP contribution in [0.2, 0.25) is 0 Å². The van der Waals surface area contributed by atoms with E-state index in [9.17, 15) is 13.2 Å². The number of carbonyl (C=O) groups excluding carboxylic acids is 1. The Bertz CT molecular complexity index is 971. The average Bonchev–Trinajstić information content (AvgIpc) is 2.84. The average molecular weight is 446 g/mol. The van der Waals surface area contributed by atoms with E-state index in [1.54, 1.807) is 12.1 Å². The Morgan fingerprint density at radius 2 is 1.77 bits per heavy atom. The van der Waals surface area contributed by atoms with Crippen molar-refractivity contribution in [3.63, 3.8) is 0 Å². The van der Waals surface area contributed by atoms with Crippen molar-refractivity contribution in [2.75, 3.05) is 50.8 Å². The van der Waals surface area contributed by atoms with Gasteiger partial charge < -0.3 is 15.0 Å². The summed E-state index contributed by atoms with van der Waals surface area (Å²) in [6.07, 6.45) is 6.41. The molecule has 31 heavy (non-hydrogen) atoms. The molecule has 0 aliphatic carbocycles. The molecule has 2 aromatic rings. The summed E-state index contributed by atoms with van der Waals surface area (Å²) < 4.78 is 32.2. The van der Waals surface area contributed by atoms with Crippen molar-refractivity contribution in [3.05, 3.63) is 48.5 Å². The predicted octanol–water partition coefficient (Wildman–Crippen LogP) is 1.14. The third-order valence-corrected chi connectivity index (χ3v) is 7.68. The molecule has 0 spiro atoms. The Balaban J connectivity index is 1.28. The second-order valence-electron chi connectivity index (χ2n) is 7.74. The molecule has 2 saturated heterocycles. The van der Waals surface area contributed by atoms with Gasteiger partial charge in [-0.3, -0.25) is 9.78 Å². The van der Waals surface area contributed by atoms with E-state index in [4.69, 9.17) is 4.74 Å². The zero-order chi connectivity index (χ0) is 21.7. The topological polar surface area (TPSA) is 105 Å². The quantitative estimate of drug-likeness (QED) is 0.711. The van der Waals surface area contributed by atoms with Gasteiger partial charge in [-0.1, -0.05) is 0 Å². The number of nitrogens with zero attached hydrogens (tertiary/aromatic N) is 4. The van der Waals surface area contributed by atoms with Crippen LogP contribution in [0.25, 0.3) is 0 Å². The summed E-state index contributed by atoms with van der Waals surface area (Å²) in [5.74, 6) is 0.199. The second kappa shape index (κ2) is 9.71. The lowest BCUT2D eigenvalue weighted by atomic mass is 9.96. The maximum absolute atomic E-state index is 12.8. The summed E-state index contributed by atoms with van der Waals surface area (Å²) in [7, 11) is -3.47. The van der Waals surface area contributed by atoms with Gasteiger partial charge >= 0.3 is 0 Å². The molecule has 0 saturated carbocycles. The first-order chi connectivity index (χ1) is 15.0. The van der Waals surface area contributed by atoms with Gasteiger partial charge in [0.1, 0.15) is 5.69 Å². The molecule has 1 aromatic carbocycles. The van der Waals surface area contributed by atoms with Crippen LogP contribution in [0.5, 0.6) is 0 Å². The van der Waals surface area contributed by atoms with Crippen molar-refractivity contribution >= 4 is 21.6 Å². The largest absolute Gasteiger partial charge is 0.379 e. The van der Waals surface area contributed by atoms with E-state index >= 15 is 0 Å². The van der Waals surface area contributed by atoms with Crippen molar-refractivity contribution in [1.29, 1.82) is 0 Å². The SMILES string of the molecule is O=C(NCC1CCN(c2ccc(S(=O)(=O)N3CCOCC3)cc2)CC1)c1cnccn1. The van der Waals surface area contributed by atoms with E-state index in [0.717, 1.165) is 31.6 Å². The number of ether oxygens (including phenoxy) is 1. The molecule has 2 aliphatic heterocycles. The number of rotatable bonds is 6. The van der Waals surface area contributed by atoms with Gasteiger partial charge in [-0.25, -0.2) is 13.4 Å². The Kier molecular flexibility index (Phi) is 6.79. The lowest BCUT2D eigenvalue weighted by Crippen LogP contribution is -2.40. The number of benzene rings is 1. The van der Waals surface area contributed by atoms with Crippen LogP contribution in [-0.2, 0) is 14.8 Å². The van der Waals surface area contributed by atoms with Crippen LogP contribution in [0.1, 0.15) is 23.3 Å². The van der Waals surface area contributed by atoms with E-state index in [1.807, 2.05) is 12.1 Å². The number of sulfonamides is 1. The Labute approximate surface area is 182 Å². The minimum absolute atomic E-state index is 0.201. The van der Waals surface area contributed by atoms with E-state index in [0.29, 0.717) is 49.4 Å². The zero-order valence-electron chi connectivity index (χ0n) is 17.3. The zero-order valence-corrected chi connectivity index (χ0v) is 18.1. The normalized spacial score (nSPS) is 18.6. The third-order valence-electron chi connectivity index (χ3n) is 5.77. The Morgan fingerprint density at radius 1 is 1.06 bits per heavy atom. The number of nitrogens with one attached hydrogen (secondary N) is 1. The van der Waals surface area contributed by atoms with E-state index in [-0.39, 0.29) is 5.91 Å². The number of morpholine rings is 1. The van der Waals surface area contributed by atoms with Crippen LogP contribution < -0.4 is 10.2 Å². The molecular formula is C21H27N5O4S. The van der Waals surface area contributed by atoms with Gasteiger partial charge in [0.2, 0.25) is 10.0 Å². The van der Waals surface area contributed by atoms with Gasteiger partial charge in [-0.15, -0.1) is 0 Å². The molecule has 2 fully saturated rings.